The summed E-state index contributed by atoms with van der Waals surface area (Å²) in [6, 6.07) is 41.3. The van der Waals surface area contributed by atoms with Gasteiger partial charge in [0.2, 0.25) is 5.91 Å². The highest BCUT2D eigenvalue weighted by molar-refractivity contribution is 8.00. The number of rotatable bonds is 10. The molecule has 1 atom stereocenters. The molecule has 6 aromatic rings. The van der Waals surface area contributed by atoms with E-state index in [-0.39, 0.29) is 11.6 Å². The fourth-order valence-corrected chi connectivity index (χ4v) is 7.03. The predicted molar refractivity (Wildman–Crippen MR) is 199 cm³/mol. The Hall–Kier alpha value is -5.95. The van der Waals surface area contributed by atoms with Gasteiger partial charge in [0.25, 0.3) is 11.8 Å². The second-order valence-corrected chi connectivity index (χ2v) is 13.3. The quantitative estimate of drug-likeness (QED) is 0.0990. The van der Waals surface area contributed by atoms with Gasteiger partial charge in [-0.3, -0.25) is 14.4 Å². The van der Waals surface area contributed by atoms with Crippen LogP contribution in [0.25, 0.3) is 28.0 Å². The Morgan fingerprint density at radius 3 is 2.29 bits per heavy atom. The number of carbonyl (C=O) groups excluding carboxylic acids is 3. The molecule has 0 bridgehead atoms. The monoisotopic (exact) mass is 678 g/mol. The van der Waals surface area contributed by atoms with E-state index in [1.807, 2.05) is 90.3 Å². The smallest absolute Gasteiger partial charge is 0.272 e. The van der Waals surface area contributed by atoms with E-state index in [1.54, 1.807) is 55.5 Å². The maximum Gasteiger partial charge on any atom is 0.272 e. The van der Waals surface area contributed by atoms with Crippen molar-refractivity contribution in [3.8, 4) is 17.2 Å². The molecule has 0 aliphatic heterocycles. The number of hydrogen-bond donors (Lipinski definition) is 3. The molecular weight excluding hydrogens is 649 g/mol. The van der Waals surface area contributed by atoms with Crippen LogP contribution in [0.2, 0.25) is 0 Å². The summed E-state index contributed by atoms with van der Waals surface area (Å²) >= 11 is 2.64. The van der Waals surface area contributed by atoms with Crippen LogP contribution in [0.4, 0.5) is 10.7 Å². The highest BCUT2D eigenvalue weighted by atomic mass is 32.2. The van der Waals surface area contributed by atoms with Crippen molar-refractivity contribution in [1.82, 2.24) is 5.32 Å². The van der Waals surface area contributed by atoms with Crippen molar-refractivity contribution >= 4 is 68.4 Å². The molecule has 7 nitrogen and oxygen atoms in total. The lowest BCUT2D eigenvalue weighted by molar-refractivity contribution is -0.115. The highest BCUT2D eigenvalue weighted by Crippen LogP contribution is 2.36. The molecule has 1 heterocycles. The number of benzene rings is 5. The fraction of sp³-hybridized carbons (Fsp3) is 0.0500. The van der Waals surface area contributed by atoms with Gasteiger partial charge in [-0.25, -0.2) is 0 Å². The normalized spacial score (nSPS) is 11.7. The number of nitrogens with one attached hydrogen (secondary N) is 3. The zero-order valence-corrected chi connectivity index (χ0v) is 28.0. The number of thioether (sulfide) groups is 1. The van der Waals surface area contributed by atoms with Crippen molar-refractivity contribution in [2.45, 2.75) is 17.1 Å². The van der Waals surface area contributed by atoms with Crippen LogP contribution >= 0.6 is 23.1 Å². The highest BCUT2D eigenvalue weighted by Gasteiger charge is 2.21. The van der Waals surface area contributed by atoms with Crippen LogP contribution in [0.5, 0.6) is 0 Å². The lowest BCUT2D eigenvalue weighted by Crippen LogP contribution is -2.30. The summed E-state index contributed by atoms with van der Waals surface area (Å²) < 4.78 is 0. The minimum atomic E-state index is -0.508. The van der Waals surface area contributed by atoms with Gasteiger partial charge in [-0.05, 0) is 65.2 Å². The van der Waals surface area contributed by atoms with E-state index in [2.05, 4.69) is 22.0 Å². The molecular formula is C40H30N4O3S2. The fourth-order valence-electron chi connectivity index (χ4n) is 5.18. The summed E-state index contributed by atoms with van der Waals surface area (Å²) in [5.41, 5.74) is 3.89. The van der Waals surface area contributed by atoms with Crippen molar-refractivity contribution in [1.29, 1.82) is 5.26 Å². The number of anilines is 2. The van der Waals surface area contributed by atoms with Gasteiger partial charge in [0.05, 0.1) is 10.8 Å². The molecule has 0 aliphatic carbocycles. The van der Waals surface area contributed by atoms with Crippen molar-refractivity contribution in [2.24, 2.45) is 0 Å². The molecule has 6 rings (SSSR count). The van der Waals surface area contributed by atoms with Crippen LogP contribution in [0, 0.1) is 11.3 Å². The Labute approximate surface area is 292 Å². The molecule has 1 unspecified atom stereocenters. The van der Waals surface area contributed by atoms with E-state index >= 15 is 0 Å². The Kier molecular flexibility index (Phi) is 10.3. The third-order valence-corrected chi connectivity index (χ3v) is 9.64. The van der Waals surface area contributed by atoms with Gasteiger partial charge in [-0.15, -0.1) is 23.1 Å². The minimum absolute atomic E-state index is 0.0788. The zero-order chi connectivity index (χ0) is 34.2. The molecule has 0 radical (unpaired) electrons. The molecule has 3 N–H and O–H groups in total. The molecule has 0 saturated heterocycles. The largest absolute Gasteiger partial charge is 0.321 e. The summed E-state index contributed by atoms with van der Waals surface area (Å²) in [6.45, 7) is 1.78. The van der Waals surface area contributed by atoms with Crippen LogP contribution in [-0.4, -0.2) is 23.0 Å². The van der Waals surface area contributed by atoms with Crippen LogP contribution in [0.15, 0.2) is 143 Å². The van der Waals surface area contributed by atoms with Crippen molar-refractivity contribution in [3.63, 3.8) is 0 Å². The van der Waals surface area contributed by atoms with E-state index in [0.717, 1.165) is 32.4 Å². The molecule has 9 heteroatoms. The van der Waals surface area contributed by atoms with E-state index in [1.165, 1.54) is 23.1 Å². The van der Waals surface area contributed by atoms with Crippen LogP contribution in [0.3, 0.4) is 0 Å². The van der Waals surface area contributed by atoms with Gasteiger partial charge in [0.1, 0.15) is 16.8 Å². The van der Waals surface area contributed by atoms with Gasteiger partial charge in [0.15, 0.2) is 0 Å². The molecule has 49 heavy (non-hydrogen) atoms. The standard InChI is InChI=1S/C40H30N4O3S2/c1-26(37(45)44-40-34(24-41)35(25-48-40)28-12-4-2-5-13-28)49-32-20-11-19-31(23-32)42-39(47)36(43-38(46)29-15-6-3-7-16-29)22-30-18-10-17-27-14-8-9-21-33(27)30/h2-23,25-26H,1H3,(H,42,47)(H,43,46)(H,44,45)/b36-22+. The number of nitrogens with zero attached hydrogens (tertiary/aromatic N) is 1. The Balaban J connectivity index is 1.18. The van der Waals surface area contributed by atoms with E-state index in [4.69, 9.17) is 0 Å². The molecule has 0 saturated carbocycles. The Morgan fingerprint density at radius 2 is 1.51 bits per heavy atom. The average Bonchev–Trinajstić information content (AvgIpc) is 3.54. The first-order valence-electron chi connectivity index (χ1n) is 15.4. The molecule has 1 aromatic heterocycles. The maximum atomic E-state index is 13.7. The van der Waals surface area contributed by atoms with Gasteiger partial charge >= 0.3 is 0 Å². The Bertz CT molecular complexity index is 2220. The van der Waals surface area contributed by atoms with E-state index in [9.17, 15) is 19.6 Å². The number of amides is 3. The first-order chi connectivity index (χ1) is 23.9. The minimum Gasteiger partial charge on any atom is -0.321 e. The zero-order valence-electron chi connectivity index (χ0n) is 26.3. The maximum absolute atomic E-state index is 13.7. The predicted octanol–water partition coefficient (Wildman–Crippen LogP) is 8.97. The van der Waals surface area contributed by atoms with Crippen LogP contribution in [-0.2, 0) is 9.59 Å². The molecule has 0 aliphatic rings. The number of nitriles is 1. The molecule has 240 valence electrons. The number of hydrogen-bond acceptors (Lipinski definition) is 6. The summed E-state index contributed by atoms with van der Waals surface area (Å²) in [5.74, 6) is -1.16. The summed E-state index contributed by atoms with van der Waals surface area (Å²) in [5, 5.41) is 22.3. The van der Waals surface area contributed by atoms with Crippen molar-refractivity contribution in [2.75, 3.05) is 10.6 Å². The van der Waals surface area contributed by atoms with Gasteiger partial charge < -0.3 is 16.0 Å². The number of fused-ring (bicyclic) bond motifs is 1. The summed E-state index contributed by atoms with van der Waals surface area (Å²) in [7, 11) is 0. The van der Waals surface area contributed by atoms with Gasteiger partial charge in [-0.1, -0.05) is 97.1 Å². The van der Waals surface area contributed by atoms with Crippen molar-refractivity contribution in [3.05, 3.63) is 155 Å². The second-order valence-electron chi connectivity index (χ2n) is 11.0. The van der Waals surface area contributed by atoms with E-state index < -0.39 is 17.1 Å². The summed E-state index contributed by atoms with van der Waals surface area (Å²) in [4.78, 5) is 40.9. The third kappa shape index (κ3) is 7.96. The van der Waals surface area contributed by atoms with Crippen LogP contribution in [0.1, 0.15) is 28.4 Å². The SMILES string of the molecule is CC(Sc1cccc(NC(=O)/C(=C\c2cccc3ccccc23)NC(=O)c2ccccc2)c1)C(=O)Nc1scc(-c2ccccc2)c1C#N. The molecule has 5 aromatic carbocycles. The lowest BCUT2D eigenvalue weighted by Gasteiger charge is -2.14. The third-order valence-electron chi connectivity index (χ3n) is 7.65. The molecule has 0 spiro atoms. The molecule has 0 fully saturated rings. The first-order valence-corrected chi connectivity index (χ1v) is 17.2. The number of thiophene rings is 1. The summed E-state index contributed by atoms with van der Waals surface area (Å²) in [6.07, 6.45) is 1.67. The van der Waals surface area contributed by atoms with Gasteiger partial charge in [0, 0.05) is 27.1 Å². The van der Waals surface area contributed by atoms with Gasteiger partial charge in [-0.2, -0.15) is 5.26 Å². The second kappa shape index (κ2) is 15.3. The van der Waals surface area contributed by atoms with Crippen molar-refractivity contribution < 1.29 is 14.4 Å². The molecule has 3 amide bonds. The average molecular weight is 679 g/mol. The topological polar surface area (TPSA) is 111 Å². The van der Waals surface area contributed by atoms with E-state index in [0.29, 0.717) is 21.8 Å². The van der Waals surface area contributed by atoms with Crippen LogP contribution < -0.4 is 16.0 Å². The lowest BCUT2D eigenvalue weighted by atomic mass is 10.0. The number of carbonyl (C=O) groups is 3. The Morgan fingerprint density at radius 1 is 0.816 bits per heavy atom. The first kappa shape index (κ1) is 33.0.